The molecule has 88 valence electrons. The van der Waals surface area contributed by atoms with E-state index in [-0.39, 0.29) is 6.04 Å². The number of methoxy groups -OCH3 is 1. The van der Waals surface area contributed by atoms with Gasteiger partial charge in [-0.1, -0.05) is 36.4 Å². The normalized spacial score (nSPS) is 12.1. The van der Waals surface area contributed by atoms with Crippen molar-refractivity contribution in [3.63, 3.8) is 0 Å². The third-order valence-corrected chi connectivity index (χ3v) is 2.69. The number of ether oxygens (including phenoxy) is 1. The van der Waals surface area contributed by atoms with Gasteiger partial charge in [-0.2, -0.15) is 0 Å². The highest BCUT2D eigenvalue weighted by atomic mass is 16.5. The third-order valence-electron chi connectivity index (χ3n) is 2.69. The van der Waals surface area contributed by atoms with Gasteiger partial charge in [0.05, 0.1) is 7.11 Å². The number of rotatable bonds is 4. The van der Waals surface area contributed by atoms with E-state index in [0.29, 0.717) is 5.88 Å². The predicted octanol–water partition coefficient (Wildman–Crippen LogP) is 2.33. The van der Waals surface area contributed by atoms with Crippen molar-refractivity contribution in [3.8, 4) is 5.88 Å². The summed E-state index contributed by atoms with van der Waals surface area (Å²) in [7, 11) is 1.61. The molecule has 0 amide bonds. The highest BCUT2D eigenvalue weighted by Gasteiger charge is 2.06. The molecule has 0 spiro atoms. The summed E-state index contributed by atoms with van der Waals surface area (Å²) in [6.45, 7) is 0. The van der Waals surface area contributed by atoms with E-state index in [1.165, 1.54) is 0 Å². The minimum absolute atomic E-state index is 0.00592. The quantitative estimate of drug-likeness (QED) is 0.873. The molecule has 0 aliphatic carbocycles. The van der Waals surface area contributed by atoms with Crippen LogP contribution >= 0.6 is 0 Å². The van der Waals surface area contributed by atoms with E-state index in [2.05, 4.69) is 4.98 Å². The molecule has 3 nitrogen and oxygen atoms in total. The van der Waals surface area contributed by atoms with Gasteiger partial charge in [0.15, 0.2) is 0 Å². The van der Waals surface area contributed by atoms with Crippen molar-refractivity contribution in [2.75, 3.05) is 7.11 Å². The maximum Gasteiger partial charge on any atom is 0.212 e. The molecule has 0 aliphatic heterocycles. The number of aromatic nitrogens is 1. The largest absolute Gasteiger partial charge is 0.481 e. The maximum absolute atomic E-state index is 6.14. The van der Waals surface area contributed by atoms with Crippen LogP contribution in [0.15, 0.2) is 48.7 Å². The average molecular weight is 228 g/mol. The standard InChI is InChI=1S/C14H16N2O/c1-17-14-8-7-11(10-16-14)9-13(15)12-5-3-2-4-6-12/h2-8,10,13H,9,15H2,1H3. The van der Waals surface area contributed by atoms with E-state index in [4.69, 9.17) is 10.5 Å². The van der Waals surface area contributed by atoms with Gasteiger partial charge in [0.25, 0.3) is 0 Å². The lowest BCUT2D eigenvalue weighted by molar-refractivity contribution is 0.397. The Bertz CT molecular complexity index is 453. The fourth-order valence-corrected chi connectivity index (χ4v) is 1.72. The second-order valence-electron chi connectivity index (χ2n) is 3.93. The van der Waals surface area contributed by atoms with Crippen LogP contribution in [0.2, 0.25) is 0 Å². The molecule has 1 aromatic heterocycles. The van der Waals surface area contributed by atoms with Gasteiger partial charge < -0.3 is 10.5 Å². The number of nitrogens with zero attached hydrogens (tertiary/aromatic N) is 1. The lowest BCUT2D eigenvalue weighted by atomic mass is 10.0. The van der Waals surface area contributed by atoms with Crippen LogP contribution in [0.25, 0.3) is 0 Å². The molecule has 1 unspecified atom stereocenters. The summed E-state index contributed by atoms with van der Waals surface area (Å²) in [5, 5.41) is 0. The van der Waals surface area contributed by atoms with Crippen molar-refractivity contribution in [2.24, 2.45) is 5.73 Å². The molecule has 2 rings (SSSR count). The molecule has 3 heteroatoms. The first kappa shape index (κ1) is 11.6. The summed E-state index contributed by atoms with van der Waals surface area (Å²) in [4.78, 5) is 4.17. The number of pyridine rings is 1. The summed E-state index contributed by atoms with van der Waals surface area (Å²) in [6, 6.07) is 13.9. The summed E-state index contributed by atoms with van der Waals surface area (Å²) >= 11 is 0. The van der Waals surface area contributed by atoms with Gasteiger partial charge >= 0.3 is 0 Å². The highest BCUT2D eigenvalue weighted by molar-refractivity contribution is 5.23. The summed E-state index contributed by atoms with van der Waals surface area (Å²) in [5.41, 5.74) is 8.39. The van der Waals surface area contributed by atoms with Crippen LogP contribution in [-0.4, -0.2) is 12.1 Å². The molecule has 2 aromatic rings. The minimum atomic E-state index is 0.00592. The number of hydrogen-bond acceptors (Lipinski definition) is 3. The molecule has 0 saturated carbocycles. The van der Waals surface area contributed by atoms with Crippen molar-refractivity contribution in [1.82, 2.24) is 4.98 Å². The molecular formula is C14H16N2O. The van der Waals surface area contributed by atoms with Gasteiger partial charge in [-0.15, -0.1) is 0 Å². The van der Waals surface area contributed by atoms with Gasteiger partial charge in [0.1, 0.15) is 0 Å². The molecule has 0 fully saturated rings. The average Bonchev–Trinajstić information content (AvgIpc) is 2.40. The number of benzene rings is 1. The highest BCUT2D eigenvalue weighted by Crippen LogP contribution is 2.16. The Morgan fingerprint density at radius 2 is 1.94 bits per heavy atom. The van der Waals surface area contributed by atoms with E-state index in [0.717, 1.165) is 17.5 Å². The van der Waals surface area contributed by atoms with E-state index in [1.54, 1.807) is 7.11 Å². The Kier molecular flexibility index (Phi) is 3.73. The third kappa shape index (κ3) is 3.04. The Labute approximate surface area is 101 Å². The van der Waals surface area contributed by atoms with Gasteiger partial charge in [0, 0.05) is 18.3 Å². The molecule has 0 saturated heterocycles. The van der Waals surface area contributed by atoms with Crippen molar-refractivity contribution in [2.45, 2.75) is 12.5 Å². The molecule has 1 aromatic carbocycles. The Morgan fingerprint density at radius 1 is 1.18 bits per heavy atom. The van der Waals surface area contributed by atoms with Crippen LogP contribution in [0.3, 0.4) is 0 Å². The molecule has 0 bridgehead atoms. The van der Waals surface area contributed by atoms with E-state index in [9.17, 15) is 0 Å². The molecule has 0 aliphatic rings. The smallest absolute Gasteiger partial charge is 0.212 e. The number of hydrogen-bond donors (Lipinski definition) is 1. The van der Waals surface area contributed by atoms with E-state index >= 15 is 0 Å². The first-order valence-corrected chi connectivity index (χ1v) is 5.59. The van der Waals surface area contributed by atoms with Crippen LogP contribution in [0.5, 0.6) is 5.88 Å². The van der Waals surface area contributed by atoms with Crippen LogP contribution in [-0.2, 0) is 6.42 Å². The summed E-state index contributed by atoms with van der Waals surface area (Å²) < 4.78 is 5.02. The molecular weight excluding hydrogens is 212 g/mol. The number of nitrogens with two attached hydrogens (primary N) is 1. The molecule has 0 radical (unpaired) electrons. The van der Waals surface area contributed by atoms with Crippen molar-refractivity contribution < 1.29 is 4.74 Å². The Hall–Kier alpha value is -1.87. The van der Waals surface area contributed by atoms with Gasteiger partial charge in [-0.3, -0.25) is 0 Å². The molecule has 1 atom stereocenters. The van der Waals surface area contributed by atoms with Gasteiger partial charge in [-0.25, -0.2) is 4.98 Å². The Balaban J connectivity index is 2.05. The van der Waals surface area contributed by atoms with Crippen LogP contribution in [0.4, 0.5) is 0 Å². The lowest BCUT2D eigenvalue weighted by Crippen LogP contribution is -2.13. The van der Waals surface area contributed by atoms with E-state index in [1.807, 2.05) is 48.7 Å². The van der Waals surface area contributed by atoms with Crippen LogP contribution in [0.1, 0.15) is 17.2 Å². The van der Waals surface area contributed by atoms with E-state index < -0.39 is 0 Å². The van der Waals surface area contributed by atoms with Gasteiger partial charge in [-0.05, 0) is 17.5 Å². The first-order chi connectivity index (χ1) is 8.29. The van der Waals surface area contributed by atoms with Crippen LogP contribution < -0.4 is 10.5 Å². The lowest BCUT2D eigenvalue weighted by Gasteiger charge is -2.11. The molecule has 17 heavy (non-hydrogen) atoms. The fourth-order valence-electron chi connectivity index (χ4n) is 1.72. The second kappa shape index (κ2) is 5.46. The Morgan fingerprint density at radius 3 is 2.53 bits per heavy atom. The van der Waals surface area contributed by atoms with Crippen molar-refractivity contribution in [1.29, 1.82) is 0 Å². The topological polar surface area (TPSA) is 48.1 Å². The maximum atomic E-state index is 6.14. The first-order valence-electron chi connectivity index (χ1n) is 5.59. The predicted molar refractivity (Wildman–Crippen MR) is 67.9 cm³/mol. The van der Waals surface area contributed by atoms with Crippen LogP contribution in [0, 0.1) is 0 Å². The zero-order chi connectivity index (χ0) is 12.1. The second-order valence-corrected chi connectivity index (χ2v) is 3.93. The van der Waals surface area contributed by atoms with Crippen molar-refractivity contribution >= 4 is 0 Å². The molecule has 1 heterocycles. The fraction of sp³-hybridized carbons (Fsp3) is 0.214. The molecule has 2 N–H and O–H groups in total. The van der Waals surface area contributed by atoms with Gasteiger partial charge in [0.2, 0.25) is 5.88 Å². The minimum Gasteiger partial charge on any atom is -0.481 e. The van der Waals surface area contributed by atoms with Crippen molar-refractivity contribution in [3.05, 3.63) is 59.8 Å². The zero-order valence-electron chi connectivity index (χ0n) is 9.84. The zero-order valence-corrected chi connectivity index (χ0v) is 9.84. The summed E-state index contributed by atoms with van der Waals surface area (Å²) in [5.74, 6) is 0.627. The monoisotopic (exact) mass is 228 g/mol. The SMILES string of the molecule is COc1ccc(CC(N)c2ccccc2)cn1. The summed E-state index contributed by atoms with van der Waals surface area (Å²) in [6.07, 6.45) is 2.59.